The first-order chi connectivity index (χ1) is 8.90. The highest BCUT2D eigenvalue weighted by Crippen LogP contribution is 2.19. The van der Waals surface area contributed by atoms with Crippen molar-refractivity contribution in [3.8, 4) is 0 Å². The van der Waals surface area contributed by atoms with E-state index in [0.29, 0.717) is 0 Å². The monoisotopic (exact) mass is 264 g/mol. The van der Waals surface area contributed by atoms with Crippen molar-refractivity contribution in [2.45, 2.75) is 30.7 Å². The van der Waals surface area contributed by atoms with Crippen molar-refractivity contribution in [2.24, 2.45) is 0 Å². The molecule has 1 aromatic rings. The van der Waals surface area contributed by atoms with Gasteiger partial charge in [0.25, 0.3) is 0 Å². The molecule has 1 aliphatic rings. The zero-order valence-electron chi connectivity index (χ0n) is 11.3. The van der Waals surface area contributed by atoms with Crippen molar-refractivity contribution < 1.29 is 0 Å². The smallest absolute Gasteiger partial charge is 0.0217 e. The van der Waals surface area contributed by atoms with E-state index in [0.717, 1.165) is 13.1 Å². The Bertz CT molecular complexity index is 348. The molecule has 0 aromatic heterocycles. The normalized spacial score (nSPS) is 16.9. The van der Waals surface area contributed by atoms with Crippen LogP contribution in [0, 0.1) is 0 Å². The molecule has 2 nitrogen and oxygen atoms in total. The van der Waals surface area contributed by atoms with Crippen LogP contribution in [0.3, 0.4) is 0 Å². The predicted molar refractivity (Wildman–Crippen MR) is 80.2 cm³/mol. The summed E-state index contributed by atoms with van der Waals surface area (Å²) in [4.78, 5) is 3.97. The molecule has 0 unspecified atom stereocenters. The minimum atomic E-state index is 0.991. The highest BCUT2D eigenvalue weighted by molar-refractivity contribution is 7.98. The summed E-state index contributed by atoms with van der Waals surface area (Å²) < 4.78 is 0. The highest BCUT2D eigenvalue weighted by atomic mass is 32.2. The fraction of sp³-hybridized carbons (Fsp3) is 0.600. The molecule has 18 heavy (non-hydrogen) atoms. The second-order valence-electron chi connectivity index (χ2n) is 4.89. The van der Waals surface area contributed by atoms with Gasteiger partial charge in [-0.25, -0.2) is 0 Å². The number of nitrogens with one attached hydrogen (secondary N) is 1. The van der Waals surface area contributed by atoms with Gasteiger partial charge in [0.1, 0.15) is 0 Å². The van der Waals surface area contributed by atoms with Gasteiger partial charge in [-0.1, -0.05) is 24.6 Å². The minimum Gasteiger partial charge on any atom is -0.311 e. The van der Waals surface area contributed by atoms with Crippen LogP contribution in [0.25, 0.3) is 0 Å². The first kappa shape index (κ1) is 13.9. The molecule has 1 heterocycles. The van der Waals surface area contributed by atoms with Gasteiger partial charge in [0.05, 0.1) is 0 Å². The van der Waals surface area contributed by atoms with Crippen molar-refractivity contribution >= 4 is 11.8 Å². The molecule has 0 saturated carbocycles. The molecule has 1 aromatic carbocycles. The molecule has 0 bridgehead atoms. The van der Waals surface area contributed by atoms with Crippen LogP contribution in [-0.4, -0.2) is 37.3 Å². The largest absolute Gasteiger partial charge is 0.311 e. The molecular formula is C15H24N2S. The zero-order chi connectivity index (χ0) is 12.6. The van der Waals surface area contributed by atoms with Crippen molar-refractivity contribution in [1.82, 2.24) is 10.2 Å². The Morgan fingerprint density at radius 3 is 2.72 bits per heavy atom. The van der Waals surface area contributed by atoms with Crippen LogP contribution in [-0.2, 0) is 6.54 Å². The number of likely N-dealkylation sites (tertiary alicyclic amines) is 1. The third-order valence-corrected chi connectivity index (χ3v) is 4.40. The molecule has 0 aliphatic carbocycles. The maximum absolute atomic E-state index is 3.57. The Morgan fingerprint density at radius 2 is 1.94 bits per heavy atom. The summed E-state index contributed by atoms with van der Waals surface area (Å²) in [6.45, 7) is 5.88. The van der Waals surface area contributed by atoms with E-state index in [1.165, 1.54) is 49.4 Å². The second kappa shape index (κ2) is 7.82. The van der Waals surface area contributed by atoms with Gasteiger partial charge >= 0.3 is 0 Å². The number of rotatable bonds is 6. The summed E-state index contributed by atoms with van der Waals surface area (Å²) in [6.07, 6.45) is 6.34. The van der Waals surface area contributed by atoms with Crippen LogP contribution in [0.1, 0.15) is 24.8 Å². The summed E-state index contributed by atoms with van der Waals surface area (Å²) in [6, 6.07) is 8.66. The van der Waals surface area contributed by atoms with Gasteiger partial charge in [0.15, 0.2) is 0 Å². The maximum atomic E-state index is 3.57. The third kappa shape index (κ3) is 4.30. The second-order valence-corrected chi connectivity index (χ2v) is 5.74. The quantitative estimate of drug-likeness (QED) is 0.628. The van der Waals surface area contributed by atoms with Gasteiger partial charge in [0.2, 0.25) is 0 Å². The van der Waals surface area contributed by atoms with E-state index in [2.05, 4.69) is 40.7 Å². The van der Waals surface area contributed by atoms with Gasteiger partial charge in [-0.3, -0.25) is 0 Å². The molecule has 100 valence electrons. The molecule has 1 N–H and O–H groups in total. The summed E-state index contributed by atoms with van der Waals surface area (Å²) in [7, 11) is 0. The zero-order valence-corrected chi connectivity index (χ0v) is 12.1. The fourth-order valence-electron chi connectivity index (χ4n) is 2.49. The van der Waals surface area contributed by atoms with Gasteiger partial charge < -0.3 is 10.2 Å². The lowest BCUT2D eigenvalue weighted by molar-refractivity contribution is 0.229. The third-order valence-electron chi connectivity index (χ3n) is 3.56. The van der Waals surface area contributed by atoms with Gasteiger partial charge in [-0.05, 0) is 43.8 Å². The van der Waals surface area contributed by atoms with E-state index in [9.17, 15) is 0 Å². The van der Waals surface area contributed by atoms with E-state index >= 15 is 0 Å². The van der Waals surface area contributed by atoms with Crippen LogP contribution in [0.15, 0.2) is 29.2 Å². The summed E-state index contributed by atoms with van der Waals surface area (Å²) in [5.74, 6) is 0. The lowest BCUT2D eigenvalue weighted by atomic mass is 10.1. The fourth-order valence-corrected chi connectivity index (χ4v) is 3.11. The first-order valence-corrected chi connectivity index (χ1v) is 8.17. The van der Waals surface area contributed by atoms with Crippen molar-refractivity contribution in [2.75, 3.05) is 32.4 Å². The number of benzene rings is 1. The Morgan fingerprint density at radius 1 is 1.17 bits per heavy atom. The van der Waals surface area contributed by atoms with E-state index < -0.39 is 0 Å². The Balaban J connectivity index is 1.68. The molecule has 0 spiro atoms. The number of piperidine rings is 1. The van der Waals surface area contributed by atoms with Crippen LogP contribution >= 0.6 is 11.8 Å². The van der Waals surface area contributed by atoms with Crippen molar-refractivity contribution in [3.63, 3.8) is 0 Å². The van der Waals surface area contributed by atoms with Crippen LogP contribution in [0.2, 0.25) is 0 Å². The summed E-state index contributed by atoms with van der Waals surface area (Å²) in [5.41, 5.74) is 1.42. The van der Waals surface area contributed by atoms with E-state index in [1.807, 2.05) is 11.8 Å². The van der Waals surface area contributed by atoms with Crippen molar-refractivity contribution in [3.05, 3.63) is 29.8 Å². The Kier molecular flexibility index (Phi) is 6.05. The van der Waals surface area contributed by atoms with Crippen LogP contribution < -0.4 is 5.32 Å². The molecule has 3 heteroatoms. The molecule has 0 atom stereocenters. The summed E-state index contributed by atoms with van der Waals surface area (Å²) >= 11 is 1.83. The van der Waals surface area contributed by atoms with E-state index in [4.69, 9.17) is 0 Å². The molecule has 1 saturated heterocycles. The van der Waals surface area contributed by atoms with Gasteiger partial charge in [-0.15, -0.1) is 11.8 Å². The first-order valence-electron chi connectivity index (χ1n) is 6.95. The van der Waals surface area contributed by atoms with Crippen LogP contribution in [0.4, 0.5) is 0 Å². The minimum absolute atomic E-state index is 0.991. The van der Waals surface area contributed by atoms with Gasteiger partial charge in [-0.2, -0.15) is 0 Å². The predicted octanol–water partition coefficient (Wildman–Crippen LogP) is 2.98. The van der Waals surface area contributed by atoms with E-state index in [-0.39, 0.29) is 0 Å². The summed E-state index contributed by atoms with van der Waals surface area (Å²) in [5, 5.41) is 3.57. The lowest BCUT2D eigenvalue weighted by Gasteiger charge is -2.26. The molecule has 2 rings (SSSR count). The molecular weight excluding hydrogens is 240 g/mol. The maximum Gasteiger partial charge on any atom is 0.0217 e. The lowest BCUT2D eigenvalue weighted by Crippen LogP contribution is -2.35. The molecule has 0 radical (unpaired) electrons. The molecule has 0 amide bonds. The average Bonchev–Trinajstić information content (AvgIpc) is 2.45. The number of thioether (sulfide) groups is 1. The molecule has 1 fully saturated rings. The Labute approximate surface area is 115 Å². The standard InChI is InChI=1S/C15H24N2S/c1-18-15-8-4-3-7-14(15)13-16-9-12-17-10-5-2-6-11-17/h3-4,7-8,16H,2,5-6,9-13H2,1H3. The highest BCUT2D eigenvalue weighted by Gasteiger charge is 2.08. The van der Waals surface area contributed by atoms with E-state index in [1.54, 1.807) is 0 Å². The van der Waals surface area contributed by atoms with Gasteiger partial charge in [0, 0.05) is 24.5 Å². The van der Waals surface area contributed by atoms with Crippen LogP contribution in [0.5, 0.6) is 0 Å². The van der Waals surface area contributed by atoms with Crippen molar-refractivity contribution in [1.29, 1.82) is 0 Å². The molecule has 1 aliphatic heterocycles. The number of hydrogen-bond acceptors (Lipinski definition) is 3. The number of nitrogens with zero attached hydrogens (tertiary/aromatic N) is 1. The number of hydrogen-bond donors (Lipinski definition) is 1. The SMILES string of the molecule is CSc1ccccc1CNCCN1CCCCC1. The topological polar surface area (TPSA) is 15.3 Å². The Hall–Kier alpha value is -0.510. The average molecular weight is 264 g/mol.